The molecule has 1 N–H and O–H groups in total. The van der Waals surface area contributed by atoms with Gasteiger partial charge in [0.05, 0.1) is 16.3 Å². The molecule has 19 heavy (non-hydrogen) atoms. The van der Waals surface area contributed by atoms with E-state index in [1.807, 2.05) is 20.8 Å². The van der Waals surface area contributed by atoms with Gasteiger partial charge in [-0.3, -0.25) is 10.1 Å². The number of nitrogens with zero attached hydrogens (tertiary/aromatic N) is 3. The van der Waals surface area contributed by atoms with E-state index in [0.717, 1.165) is 11.3 Å². The number of nitrogens with one attached hydrogen (secondary N) is 1. The van der Waals surface area contributed by atoms with E-state index < -0.39 is 4.92 Å². The first-order valence-corrected chi connectivity index (χ1v) is 6.49. The number of aromatic nitrogens is 2. The van der Waals surface area contributed by atoms with Crippen molar-refractivity contribution in [2.24, 2.45) is 0 Å². The highest BCUT2D eigenvalue weighted by Crippen LogP contribution is 2.31. The molecule has 0 radical (unpaired) electrons. The summed E-state index contributed by atoms with van der Waals surface area (Å²) in [5.74, 6) is 0.768. The van der Waals surface area contributed by atoms with Gasteiger partial charge >= 0.3 is 5.00 Å². The van der Waals surface area contributed by atoms with Crippen molar-refractivity contribution < 1.29 is 9.34 Å². The number of thiophene rings is 1. The molecular weight excluding hydrogens is 268 g/mol. The summed E-state index contributed by atoms with van der Waals surface area (Å²) in [7, 11) is 0. The molecule has 2 heterocycles. The van der Waals surface area contributed by atoms with Gasteiger partial charge in [-0.05, 0) is 26.8 Å². The van der Waals surface area contributed by atoms with Crippen molar-refractivity contribution in [2.45, 2.75) is 32.9 Å². The van der Waals surface area contributed by atoms with Crippen molar-refractivity contribution in [3.63, 3.8) is 0 Å². The van der Waals surface area contributed by atoms with Gasteiger partial charge < -0.3 is 9.73 Å². The first-order valence-electron chi connectivity index (χ1n) is 5.67. The lowest BCUT2D eigenvalue weighted by atomic mass is 10.1. The molecule has 8 heteroatoms. The van der Waals surface area contributed by atoms with Gasteiger partial charge in [0.2, 0.25) is 5.89 Å². The van der Waals surface area contributed by atoms with E-state index in [-0.39, 0.29) is 10.5 Å². The van der Waals surface area contributed by atoms with Crippen molar-refractivity contribution in [2.75, 3.05) is 0 Å². The van der Waals surface area contributed by atoms with Crippen molar-refractivity contribution in [1.82, 2.24) is 15.5 Å². The van der Waals surface area contributed by atoms with Crippen LogP contribution >= 0.6 is 11.3 Å². The lowest BCUT2D eigenvalue weighted by Gasteiger charge is -2.18. The standard InChI is InChI=1S/C11H14N4O3S/c1-11(2,3)12-6-8-13-14-10(18-8)7-4-5-9(19-7)15(16)17/h4-5,12H,6H2,1-3H3. The van der Waals surface area contributed by atoms with Gasteiger partial charge in [0.1, 0.15) is 0 Å². The van der Waals surface area contributed by atoms with E-state index in [2.05, 4.69) is 15.5 Å². The second kappa shape index (κ2) is 5.06. The van der Waals surface area contributed by atoms with Crippen LogP contribution in [0.3, 0.4) is 0 Å². The lowest BCUT2D eigenvalue weighted by Crippen LogP contribution is -2.35. The summed E-state index contributed by atoms with van der Waals surface area (Å²) in [6.45, 7) is 6.57. The monoisotopic (exact) mass is 282 g/mol. The molecule has 0 saturated carbocycles. The summed E-state index contributed by atoms with van der Waals surface area (Å²) < 4.78 is 5.46. The SMILES string of the molecule is CC(C)(C)NCc1nnc(-c2ccc([N+](=O)[O-])s2)o1. The molecule has 0 spiro atoms. The fraction of sp³-hybridized carbons (Fsp3) is 0.455. The zero-order valence-corrected chi connectivity index (χ0v) is 11.7. The van der Waals surface area contributed by atoms with Gasteiger partial charge in [0.25, 0.3) is 5.89 Å². The zero-order valence-electron chi connectivity index (χ0n) is 10.8. The fourth-order valence-corrected chi connectivity index (χ4v) is 2.05. The Morgan fingerprint density at radius 2 is 2.16 bits per heavy atom. The molecule has 2 aromatic rings. The maximum atomic E-state index is 10.6. The van der Waals surface area contributed by atoms with Gasteiger partial charge in [-0.25, -0.2) is 0 Å². The van der Waals surface area contributed by atoms with Crippen LogP contribution in [-0.4, -0.2) is 20.7 Å². The van der Waals surface area contributed by atoms with Crippen LogP contribution in [0.4, 0.5) is 5.00 Å². The van der Waals surface area contributed by atoms with Crippen LogP contribution in [0.2, 0.25) is 0 Å². The summed E-state index contributed by atoms with van der Waals surface area (Å²) in [6, 6.07) is 3.04. The Labute approximate surface area is 113 Å². The maximum absolute atomic E-state index is 10.6. The summed E-state index contributed by atoms with van der Waals surface area (Å²) in [5.41, 5.74) is -0.0453. The largest absolute Gasteiger partial charge is 0.419 e. The molecule has 0 aliphatic carbocycles. The minimum Gasteiger partial charge on any atom is -0.419 e. The highest BCUT2D eigenvalue weighted by molar-refractivity contribution is 7.18. The smallest absolute Gasteiger partial charge is 0.324 e. The molecule has 0 aliphatic rings. The predicted molar refractivity (Wildman–Crippen MR) is 70.9 cm³/mol. The molecule has 0 unspecified atom stereocenters. The van der Waals surface area contributed by atoms with E-state index in [1.54, 1.807) is 6.07 Å². The summed E-state index contributed by atoms with van der Waals surface area (Å²) in [6.07, 6.45) is 0. The summed E-state index contributed by atoms with van der Waals surface area (Å²) in [5, 5.41) is 21.7. The average Bonchev–Trinajstić information content (AvgIpc) is 2.94. The normalized spacial score (nSPS) is 11.7. The third-order valence-electron chi connectivity index (χ3n) is 2.22. The predicted octanol–water partition coefficient (Wildman–Crippen LogP) is 2.59. The quantitative estimate of drug-likeness (QED) is 0.684. The van der Waals surface area contributed by atoms with Gasteiger partial charge in [0, 0.05) is 11.6 Å². The third kappa shape index (κ3) is 3.58. The molecule has 0 atom stereocenters. The van der Waals surface area contributed by atoms with Crippen molar-refractivity contribution >= 4 is 16.3 Å². The molecule has 7 nitrogen and oxygen atoms in total. The van der Waals surface area contributed by atoms with Crippen LogP contribution in [0.1, 0.15) is 26.7 Å². The zero-order chi connectivity index (χ0) is 14.0. The molecule has 2 rings (SSSR count). The van der Waals surface area contributed by atoms with Crippen LogP contribution in [0, 0.1) is 10.1 Å². The van der Waals surface area contributed by atoms with Crippen LogP contribution in [0.25, 0.3) is 10.8 Å². The van der Waals surface area contributed by atoms with Gasteiger partial charge in [-0.2, -0.15) is 0 Å². The van der Waals surface area contributed by atoms with Gasteiger partial charge in [0.15, 0.2) is 0 Å². The molecule has 0 amide bonds. The van der Waals surface area contributed by atoms with Crippen LogP contribution in [-0.2, 0) is 6.54 Å². The van der Waals surface area contributed by atoms with Crippen LogP contribution < -0.4 is 5.32 Å². The second-order valence-corrected chi connectivity index (χ2v) is 6.06. The minimum atomic E-state index is -0.438. The van der Waals surface area contributed by atoms with E-state index >= 15 is 0 Å². The van der Waals surface area contributed by atoms with E-state index in [0.29, 0.717) is 23.2 Å². The molecule has 0 fully saturated rings. The summed E-state index contributed by atoms with van der Waals surface area (Å²) >= 11 is 1.02. The van der Waals surface area contributed by atoms with Gasteiger partial charge in [-0.15, -0.1) is 10.2 Å². The van der Waals surface area contributed by atoms with Crippen molar-refractivity contribution in [1.29, 1.82) is 0 Å². The molecule has 2 aromatic heterocycles. The number of rotatable bonds is 4. The lowest BCUT2D eigenvalue weighted by molar-refractivity contribution is -0.380. The minimum absolute atomic E-state index is 0.0453. The second-order valence-electron chi connectivity index (χ2n) is 5.00. The number of hydrogen-bond donors (Lipinski definition) is 1. The Kier molecular flexibility index (Phi) is 3.63. The molecule has 102 valence electrons. The highest BCUT2D eigenvalue weighted by atomic mass is 32.1. The van der Waals surface area contributed by atoms with Gasteiger partial charge in [-0.1, -0.05) is 11.3 Å². The Hall–Kier alpha value is -1.80. The third-order valence-corrected chi connectivity index (χ3v) is 3.24. The molecule has 0 bridgehead atoms. The Morgan fingerprint density at radius 1 is 1.42 bits per heavy atom. The van der Waals surface area contributed by atoms with Crippen LogP contribution in [0.5, 0.6) is 0 Å². The molecule has 0 aliphatic heterocycles. The first kappa shape index (κ1) is 13.6. The molecular formula is C11H14N4O3S. The Bertz CT molecular complexity index is 585. The average molecular weight is 282 g/mol. The van der Waals surface area contributed by atoms with E-state index in [9.17, 15) is 10.1 Å². The topological polar surface area (TPSA) is 94.1 Å². The van der Waals surface area contributed by atoms with Crippen molar-refractivity contribution in [3.8, 4) is 10.8 Å². The fourth-order valence-electron chi connectivity index (χ4n) is 1.31. The molecule has 0 saturated heterocycles. The summed E-state index contributed by atoms with van der Waals surface area (Å²) in [4.78, 5) is 10.8. The Balaban J connectivity index is 2.09. The number of hydrogen-bond acceptors (Lipinski definition) is 7. The van der Waals surface area contributed by atoms with Crippen LogP contribution in [0.15, 0.2) is 16.5 Å². The Morgan fingerprint density at radius 3 is 2.74 bits per heavy atom. The highest BCUT2D eigenvalue weighted by Gasteiger charge is 2.17. The number of nitro groups is 1. The first-order chi connectivity index (χ1) is 8.85. The van der Waals surface area contributed by atoms with Crippen molar-refractivity contribution in [3.05, 3.63) is 28.1 Å². The van der Waals surface area contributed by atoms with E-state index in [4.69, 9.17) is 4.42 Å². The molecule has 0 aromatic carbocycles. The maximum Gasteiger partial charge on any atom is 0.324 e. The van der Waals surface area contributed by atoms with E-state index in [1.165, 1.54) is 6.07 Å².